The van der Waals surface area contributed by atoms with Crippen LogP contribution in [0, 0.1) is 0 Å². The standard InChI is InChI=1S/C23H25N9O/c1-31-19-3-2-10-24-21(19)32(23(31)33)17-8-9-20(25-12-17)27-15-6-7-16(11-15)28-22-26-13-18(29-30-22)14-4-5-14/h2-3,8-10,12-16H,4-7,11H2,1H3,(H,25,27)(H,26,28,30)/t15-,16-/m0/s1. The molecule has 6 rings (SSSR count). The van der Waals surface area contributed by atoms with Gasteiger partial charge in [0.15, 0.2) is 5.65 Å². The van der Waals surface area contributed by atoms with Crippen molar-refractivity contribution in [2.45, 2.75) is 50.1 Å². The van der Waals surface area contributed by atoms with Gasteiger partial charge in [0.2, 0.25) is 5.95 Å². The molecule has 4 aromatic heterocycles. The van der Waals surface area contributed by atoms with Crippen LogP contribution in [0.25, 0.3) is 16.9 Å². The Bertz CT molecular complexity index is 1340. The van der Waals surface area contributed by atoms with Crippen LogP contribution in [0.4, 0.5) is 11.8 Å². The number of anilines is 2. The molecule has 2 atom stereocenters. The van der Waals surface area contributed by atoms with Crippen molar-refractivity contribution in [1.29, 1.82) is 0 Å². The summed E-state index contributed by atoms with van der Waals surface area (Å²) in [6, 6.07) is 8.13. The summed E-state index contributed by atoms with van der Waals surface area (Å²) >= 11 is 0. The summed E-state index contributed by atoms with van der Waals surface area (Å²) in [5, 5.41) is 15.5. The Morgan fingerprint density at radius 3 is 2.52 bits per heavy atom. The van der Waals surface area contributed by atoms with Crippen molar-refractivity contribution < 1.29 is 0 Å². The molecule has 10 nitrogen and oxygen atoms in total. The van der Waals surface area contributed by atoms with E-state index in [9.17, 15) is 4.79 Å². The predicted octanol–water partition coefficient (Wildman–Crippen LogP) is 2.63. The molecule has 0 saturated heterocycles. The molecule has 0 radical (unpaired) electrons. The van der Waals surface area contributed by atoms with Crippen molar-refractivity contribution in [3.8, 4) is 5.69 Å². The van der Waals surface area contributed by atoms with Gasteiger partial charge < -0.3 is 10.6 Å². The van der Waals surface area contributed by atoms with E-state index < -0.39 is 0 Å². The molecule has 0 aromatic carbocycles. The summed E-state index contributed by atoms with van der Waals surface area (Å²) in [5.41, 5.74) is 2.97. The van der Waals surface area contributed by atoms with Crippen LogP contribution < -0.4 is 16.3 Å². The summed E-state index contributed by atoms with van der Waals surface area (Å²) in [5.74, 6) is 1.95. The second-order valence-electron chi connectivity index (χ2n) is 8.90. The first kappa shape index (κ1) is 19.8. The lowest BCUT2D eigenvalue weighted by molar-refractivity contribution is 0.710. The van der Waals surface area contributed by atoms with Crippen LogP contribution >= 0.6 is 0 Å². The maximum Gasteiger partial charge on any atom is 0.334 e. The molecule has 4 heterocycles. The number of imidazole rings is 1. The van der Waals surface area contributed by atoms with Gasteiger partial charge in [0.1, 0.15) is 5.82 Å². The molecule has 4 aromatic rings. The van der Waals surface area contributed by atoms with E-state index in [2.05, 4.69) is 35.8 Å². The average Bonchev–Trinajstić information content (AvgIpc) is 3.55. The number of hydrogen-bond donors (Lipinski definition) is 2. The van der Waals surface area contributed by atoms with E-state index in [0.29, 0.717) is 35.3 Å². The Balaban J connectivity index is 1.11. The molecule has 0 unspecified atom stereocenters. The van der Waals surface area contributed by atoms with Crippen molar-refractivity contribution >= 4 is 22.9 Å². The van der Waals surface area contributed by atoms with Crippen molar-refractivity contribution in [2.24, 2.45) is 7.05 Å². The molecule has 0 bridgehead atoms. The molecule has 2 saturated carbocycles. The minimum Gasteiger partial charge on any atom is -0.367 e. The minimum absolute atomic E-state index is 0.141. The Morgan fingerprint density at radius 1 is 0.939 bits per heavy atom. The molecular formula is C23H25N9O. The molecule has 10 heteroatoms. The largest absolute Gasteiger partial charge is 0.367 e. The van der Waals surface area contributed by atoms with Crippen LogP contribution in [0.5, 0.6) is 0 Å². The molecule has 0 amide bonds. The van der Waals surface area contributed by atoms with Gasteiger partial charge in [-0.05, 0) is 56.4 Å². The van der Waals surface area contributed by atoms with Crippen LogP contribution in [0.2, 0.25) is 0 Å². The summed E-state index contributed by atoms with van der Waals surface area (Å²) < 4.78 is 3.18. The highest BCUT2D eigenvalue weighted by Crippen LogP contribution is 2.38. The van der Waals surface area contributed by atoms with Gasteiger partial charge in [0, 0.05) is 31.2 Å². The Morgan fingerprint density at radius 2 is 1.79 bits per heavy atom. The Hall–Kier alpha value is -3.82. The topological polar surface area (TPSA) is 115 Å². The number of nitrogens with zero attached hydrogens (tertiary/aromatic N) is 7. The molecule has 2 N–H and O–H groups in total. The van der Waals surface area contributed by atoms with Crippen LogP contribution in [0.1, 0.15) is 43.7 Å². The Labute approximate surface area is 190 Å². The van der Waals surface area contributed by atoms with Gasteiger partial charge in [0.05, 0.1) is 29.3 Å². The van der Waals surface area contributed by atoms with Gasteiger partial charge in [-0.1, -0.05) is 0 Å². The molecule has 0 aliphatic heterocycles. The van der Waals surface area contributed by atoms with E-state index in [-0.39, 0.29) is 5.69 Å². The zero-order valence-corrected chi connectivity index (χ0v) is 18.3. The number of rotatable bonds is 6. The van der Waals surface area contributed by atoms with Crippen LogP contribution in [-0.4, -0.2) is 46.4 Å². The SMILES string of the molecule is Cn1c(=O)n(-c2ccc(N[C@H]3CC[C@H](Nc4ncc(C5CC5)nn4)C3)nc2)c2ncccc21. The van der Waals surface area contributed by atoms with E-state index >= 15 is 0 Å². The summed E-state index contributed by atoms with van der Waals surface area (Å²) in [7, 11) is 1.75. The second kappa shape index (κ2) is 7.95. The number of pyridine rings is 2. The van der Waals surface area contributed by atoms with Crippen molar-refractivity contribution in [2.75, 3.05) is 10.6 Å². The van der Waals surface area contributed by atoms with Crippen molar-refractivity contribution in [3.05, 3.63) is 59.0 Å². The Kier molecular flexibility index (Phi) is 4.78. The highest BCUT2D eigenvalue weighted by molar-refractivity contribution is 5.73. The zero-order valence-electron chi connectivity index (χ0n) is 18.3. The van der Waals surface area contributed by atoms with Crippen LogP contribution in [0.3, 0.4) is 0 Å². The fourth-order valence-electron chi connectivity index (χ4n) is 4.55. The lowest BCUT2D eigenvalue weighted by Crippen LogP contribution is -2.23. The summed E-state index contributed by atoms with van der Waals surface area (Å²) in [6.07, 6.45) is 10.7. The van der Waals surface area contributed by atoms with E-state index in [1.165, 1.54) is 12.8 Å². The van der Waals surface area contributed by atoms with Gasteiger partial charge >= 0.3 is 5.69 Å². The number of hydrogen-bond acceptors (Lipinski definition) is 8. The first-order valence-electron chi connectivity index (χ1n) is 11.4. The first-order valence-corrected chi connectivity index (χ1v) is 11.4. The number of nitrogens with one attached hydrogen (secondary N) is 2. The highest BCUT2D eigenvalue weighted by atomic mass is 16.1. The first-order chi connectivity index (χ1) is 16.2. The maximum absolute atomic E-state index is 12.7. The predicted molar refractivity (Wildman–Crippen MR) is 125 cm³/mol. The number of fused-ring (bicyclic) bond motifs is 1. The van der Waals surface area contributed by atoms with Gasteiger partial charge in [-0.3, -0.25) is 4.57 Å². The van der Waals surface area contributed by atoms with E-state index in [1.807, 2.05) is 30.5 Å². The monoisotopic (exact) mass is 443 g/mol. The molecule has 168 valence electrons. The van der Waals surface area contributed by atoms with E-state index in [1.54, 1.807) is 28.6 Å². The number of aryl methyl sites for hydroxylation is 1. The zero-order chi connectivity index (χ0) is 22.4. The van der Waals surface area contributed by atoms with Gasteiger partial charge in [-0.2, -0.15) is 0 Å². The minimum atomic E-state index is -0.141. The second-order valence-corrected chi connectivity index (χ2v) is 8.90. The fraction of sp³-hybridized carbons (Fsp3) is 0.391. The molecular weight excluding hydrogens is 418 g/mol. The van der Waals surface area contributed by atoms with Crippen LogP contribution in [-0.2, 0) is 7.05 Å². The van der Waals surface area contributed by atoms with Crippen molar-refractivity contribution in [3.63, 3.8) is 0 Å². The average molecular weight is 444 g/mol. The summed E-state index contributed by atoms with van der Waals surface area (Å²) in [4.78, 5) is 26.1. The molecule has 33 heavy (non-hydrogen) atoms. The molecule has 2 aliphatic carbocycles. The smallest absolute Gasteiger partial charge is 0.334 e. The number of aromatic nitrogens is 7. The van der Waals surface area contributed by atoms with Gasteiger partial charge in [0.25, 0.3) is 0 Å². The molecule has 0 spiro atoms. The van der Waals surface area contributed by atoms with Gasteiger partial charge in [-0.25, -0.2) is 24.3 Å². The van der Waals surface area contributed by atoms with Crippen molar-refractivity contribution in [1.82, 2.24) is 34.3 Å². The van der Waals surface area contributed by atoms with E-state index in [0.717, 1.165) is 36.3 Å². The molecule has 2 aliphatic rings. The maximum atomic E-state index is 12.7. The lowest BCUT2D eigenvalue weighted by atomic mass is 10.2. The third kappa shape index (κ3) is 3.81. The lowest BCUT2D eigenvalue weighted by Gasteiger charge is -2.15. The van der Waals surface area contributed by atoms with E-state index in [4.69, 9.17) is 0 Å². The normalized spacial score (nSPS) is 20.3. The third-order valence-electron chi connectivity index (χ3n) is 6.52. The third-order valence-corrected chi connectivity index (χ3v) is 6.52. The molecule has 2 fully saturated rings. The summed E-state index contributed by atoms with van der Waals surface area (Å²) in [6.45, 7) is 0. The van der Waals surface area contributed by atoms with Crippen LogP contribution in [0.15, 0.2) is 47.7 Å². The fourth-order valence-corrected chi connectivity index (χ4v) is 4.55. The highest BCUT2D eigenvalue weighted by Gasteiger charge is 2.27. The quantitative estimate of drug-likeness (QED) is 0.467. The van der Waals surface area contributed by atoms with Gasteiger partial charge in [-0.15, -0.1) is 10.2 Å².